The van der Waals surface area contributed by atoms with Crippen LogP contribution in [-0.4, -0.2) is 32.0 Å². The second-order valence-corrected chi connectivity index (χ2v) is 7.28. The van der Waals surface area contributed by atoms with E-state index in [1.54, 1.807) is 13.0 Å². The predicted molar refractivity (Wildman–Crippen MR) is 76.1 cm³/mol. The van der Waals surface area contributed by atoms with Gasteiger partial charge in [-0.15, -0.1) is 11.8 Å². The fourth-order valence-electron chi connectivity index (χ4n) is 1.61. The molecular formula is C13H18O3S2. The molecule has 18 heavy (non-hydrogen) atoms. The fourth-order valence-corrected chi connectivity index (χ4v) is 3.10. The van der Waals surface area contributed by atoms with Crippen molar-refractivity contribution in [1.29, 1.82) is 0 Å². The van der Waals surface area contributed by atoms with Crippen molar-refractivity contribution < 1.29 is 13.2 Å². The average Bonchev–Trinajstić information content (AvgIpc) is 2.38. The minimum atomic E-state index is -2.97. The van der Waals surface area contributed by atoms with E-state index in [0.29, 0.717) is 12.0 Å². The molecule has 0 aliphatic carbocycles. The van der Waals surface area contributed by atoms with Crippen LogP contribution in [0.25, 0.3) is 0 Å². The van der Waals surface area contributed by atoms with Gasteiger partial charge in [0, 0.05) is 22.6 Å². The molecule has 1 aromatic carbocycles. The first kappa shape index (κ1) is 15.2. The van der Waals surface area contributed by atoms with Gasteiger partial charge in [-0.25, -0.2) is 8.42 Å². The maximum atomic E-state index is 12.0. The molecule has 3 nitrogen and oxygen atoms in total. The molecule has 0 fully saturated rings. The van der Waals surface area contributed by atoms with E-state index in [9.17, 15) is 13.2 Å². The van der Waals surface area contributed by atoms with Crippen molar-refractivity contribution in [3.05, 3.63) is 29.8 Å². The van der Waals surface area contributed by atoms with Gasteiger partial charge >= 0.3 is 0 Å². The largest absolute Gasteiger partial charge is 0.294 e. The van der Waals surface area contributed by atoms with E-state index in [2.05, 4.69) is 0 Å². The lowest BCUT2D eigenvalue weighted by Gasteiger charge is -2.06. The number of sulfone groups is 1. The Morgan fingerprint density at radius 3 is 2.56 bits per heavy atom. The van der Waals surface area contributed by atoms with Crippen LogP contribution in [0.15, 0.2) is 29.2 Å². The summed E-state index contributed by atoms with van der Waals surface area (Å²) in [5.41, 5.74) is 0.693. The first-order chi connectivity index (χ1) is 8.50. The van der Waals surface area contributed by atoms with Gasteiger partial charge in [-0.05, 0) is 18.7 Å². The lowest BCUT2D eigenvalue weighted by molar-refractivity contribution is 0.0979. The van der Waals surface area contributed by atoms with E-state index in [1.807, 2.05) is 24.5 Å². The lowest BCUT2D eigenvalue weighted by Crippen LogP contribution is -2.10. The summed E-state index contributed by atoms with van der Waals surface area (Å²) in [4.78, 5) is 12.9. The van der Waals surface area contributed by atoms with Crippen LogP contribution in [0, 0.1) is 0 Å². The Labute approximate surface area is 113 Å². The van der Waals surface area contributed by atoms with Crippen LogP contribution in [0.3, 0.4) is 0 Å². The highest BCUT2D eigenvalue weighted by Gasteiger charge is 2.12. The summed E-state index contributed by atoms with van der Waals surface area (Å²) in [7, 11) is -2.97. The number of benzene rings is 1. The van der Waals surface area contributed by atoms with Gasteiger partial charge in [0.05, 0.1) is 5.75 Å². The van der Waals surface area contributed by atoms with E-state index in [0.717, 1.165) is 4.90 Å². The molecule has 0 aliphatic rings. The summed E-state index contributed by atoms with van der Waals surface area (Å²) in [6, 6.07) is 7.42. The molecule has 0 spiro atoms. The molecule has 0 amide bonds. The molecule has 0 radical (unpaired) electrons. The highest BCUT2D eigenvalue weighted by molar-refractivity contribution is 7.98. The van der Waals surface area contributed by atoms with E-state index >= 15 is 0 Å². The second-order valence-electron chi connectivity index (χ2n) is 3.96. The summed E-state index contributed by atoms with van der Waals surface area (Å²) >= 11 is 1.53. The summed E-state index contributed by atoms with van der Waals surface area (Å²) in [5, 5.41) is 0. The Morgan fingerprint density at radius 2 is 1.94 bits per heavy atom. The number of carbonyl (C=O) groups is 1. The number of Topliss-reactive ketones (excluding diaryl/α,β-unsaturated/α-hetero) is 1. The van der Waals surface area contributed by atoms with Crippen molar-refractivity contribution in [2.75, 3.05) is 17.8 Å². The van der Waals surface area contributed by atoms with Crippen LogP contribution in [0.4, 0.5) is 0 Å². The molecule has 0 unspecified atom stereocenters. The molecule has 0 aromatic heterocycles. The molecule has 0 heterocycles. The molecule has 0 aliphatic heterocycles. The van der Waals surface area contributed by atoms with Gasteiger partial charge in [-0.2, -0.15) is 0 Å². The summed E-state index contributed by atoms with van der Waals surface area (Å²) in [6.45, 7) is 1.63. The zero-order valence-electron chi connectivity index (χ0n) is 10.7. The third-order valence-electron chi connectivity index (χ3n) is 2.71. The van der Waals surface area contributed by atoms with Gasteiger partial charge in [-0.3, -0.25) is 4.79 Å². The van der Waals surface area contributed by atoms with Gasteiger partial charge in [0.1, 0.15) is 9.84 Å². The number of hydrogen-bond donors (Lipinski definition) is 0. The molecule has 0 bridgehead atoms. The fraction of sp³-hybridized carbons (Fsp3) is 0.462. The van der Waals surface area contributed by atoms with Crippen molar-refractivity contribution in [3.63, 3.8) is 0 Å². The van der Waals surface area contributed by atoms with E-state index in [4.69, 9.17) is 0 Å². The van der Waals surface area contributed by atoms with E-state index in [-0.39, 0.29) is 23.7 Å². The van der Waals surface area contributed by atoms with Crippen LogP contribution in [-0.2, 0) is 9.84 Å². The van der Waals surface area contributed by atoms with Crippen LogP contribution in [0.2, 0.25) is 0 Å². The third-order valence-corrected chi connectivity index (χ3v) is 5.29. The van der Waals surface area contributed by atoms with Gasteiger partial charge in [0.25, 0.3) is 0 Å². The van der Waals surface area contributed by atoms with Crippen molar-refractivity contribution >= 4 is 27.4 Å². The minimum absolute atomic E-state index is 0.0197. The Balaban J connectivity index is 2.61. The maximum absolute atomic E-state index is 12.0. The predicted octanol–water partition coefficient (Wildman–Crippen LogP) is 2.81. The summed E-state index contributed by atoms with van der Waals surface area (Å²) in [6.07, 6.45) is 2.61. The molecule has 0 saturated carbocycles. The van der Waals surface area contributed by atoms with Gasteiger partial charge in [0.15, 0.2) is 5.78 Å². The van der Waals surface area contributed by atoms with Crippen molar-refractivity contribution in [1.82, 2.24) is 0 Å². The maximum Gasteiger partial charge on any atom is 0.164 e. The molecule has 0 N–H and O–H groups in total. The first-order valence-corrected chi connectivity index (χ1v) is 8.91. The normalized spacial score (nSPS) is 11.4. The average molecular weight is 286 g/mol. The van der Waals surface area contributed by atoms with Crippen LogP contribution in [0.5, 0.6) is 0 Å². The first-order valence-electron chi connectivity index (χ1n) is 5.87. The van der Waals surface area contributed by atoms with E-state index in [1.165, 1.54) is 11.8 Å². The Hall–Kier alpha value is -0.810. The van der Waals surface area contributed by atoms with Crippen molar-refractivity contribution in [2.24, 2.45) is 0 Å². The quantitative estimate of drug-likeness (QED) is 0.571. The number of rotatable bonds is 7. The number of thioether (sulfide) groups is 1. The third kappa shape index (κ3) is 4.46. The zero-order chi connectivity index (χ0) is 13.6. The highest BCUT2D eigenvalue weighted by atomic mass is 32.2. The molecule has 1 rings (SSSR count). The molecular weight excluding hydrogens is 268 g/mol. The SMILES string of the molecule is CCS(=O)(=O)CCCC(=O)c1ccccc1SC. The van der Waals surface area contributed by atoms with Crippen molar-refractivity contribution in [2.45, 2.75) is 24.7 Å². The zero-order valence-corrected chi connectivity index (χ0v) is 12.3. The van der Waals surface area contributed by atoms with E-state index < -0.39 is 9.84 Å². The monoisotopic (exact) mass is 286 g/mol. The molecule has 0 atom stereocenters. The van der Waals surface area contributed by atoms with Crippen LogP contribution < -0.4 is 0 Å². The Bertz CT molecular complexity index is 507. The highest BCUT2D eigenvalue weighted by Crippen LogP contribution is 2.21. The molecule has 0 saturated heterocycles. The number of ketones is 1. The standard InChI is InChI=1S/C13H18O3S2/c1-3-18(15,16)10-6-8-12(14)11-7-4-5-9-13(11)17-2/h4-5,7,9H,3,6,8,10H2,1-2H3. The van der Waals surface area contributed by atoms with Crippen molar-refractivity contribution in [3.8, 4) is 0 Å². The second kappa shape index (κ2) is 6.95. The number of hydrogen-bond acceptors (Lipinski definition) is 4. The summed E-state index contributed by atoms with van der Waals surface area (Å²) in [5.74, 6) is 0.255. The lowest BCUT2D eigenvalue weighted by atomic mass is 10.1. The molecule has 5 heteroatoms. The Kier molecular flexibility index (Phi) is 5.88. The summed E-state index contributed by atoms with van der Waals surface area (Å²) < 4.78 is 22.6. The van der Waals surface area contributed by atoms with Crippen LogP contribution in [0.1, 0.15) is 30.1 Å². The minimum Gasteiger partial charge on any atom is -0.294 e. The Morgan fingerprint density at radius 1 is 1.28 bits per heavy atom. The van der Waals surface area contributed by atoms with Gasteiger partial charge in [-0.1, -0.05) is 25.1 Å². The number of carbonyl (C=O) groups excluding carboxylic acids is 1. The molecule has 100 valence electrons. The topological polar surface area (TPSA) is 51.2 Å². The molecule has 1 aromatic rings. The smallest absolute Gasteiger partial charge is 0.164 e. The van der Waals surface area contributed by atoms with Gasteiger partial charge in [0.2, 0.25) is 0 Å². The van der Waals surface area contributed by atoms with Gasteiger partial charge < -0.3 is 0 Å². The van der Waals surface area contributed by atoms with Crippen LogP contribution >= 0.6 is 11.8 Å².